The van der Waals surface area contributed by atoms with Gasteiger partial charge in [-0.05, 0) is 44.5 Å². The van der Waals surface area contributed by atoms with Crippen LogP contribution in [-0.4, -0.2) is 30.1 Å². The van der Waals surface area contributed by atoms with Gasteiger partial charge in [-0.25, -0.2) is 8.42 Å². The van der Waals surface area contributed by atoms with Crippen LogP contribution in [-0.2, 0) is 17.1 Å². The fraction of sp³-hybridized carbons (Fsp3) is 0.333. The zero-order valence-corrected chi connectivity index (χ0v) is 14.3. The molecule has 2 rings (SSSR count). The normalized spacial score (nSPS) is 11.7. The molecule has 0 atom stereocenters. The highest BCUT2D eigenvalue weighted by Crippen LogP contribution is 2.27. The smallest absolute Gasteiger partial charge is 0.267 e. The van der Waals surface area contributed by atoms with Crippen LogP contribution >= 0.6 is 0 Å². The summed E-state index contributed by atoms with van der Waals surface area (Å²) < 4.78 is 28.5. The maximum atomic E-state index is 12.9. The van der Waals surface area contributed by atoms with Gasteiger partial charge in [-0.15, -0.1) is 0 Å². The van der Waals surface area contributed by atoms with Gasteiger partial charge in [0.1, 0.15) is 4.90 Å². The van der Waals surface area contributed by atoms with Gasteiger partial charge < -0.3 is 5.73 Å². The van der Waals surface area contributed by atoms with Crippen molar-refractivity contribution in [3.05, 3.63) is 41.7 Å². The molecule has 0 unspecified atom stereocenters. The Morgan fingerprint density at radius 2 is 2.00 bits per heavy atom. The van der Waals surface area contributed by atoms with Gasteiger partial charge >= 0.3 is 0 Å². The van der Waals surface area contributed by atoms with Crippen LogP contribution in [0.1, 0.15) is 29.8 Å². The van der Waals surface area contributed by atoms with E-state index in [9.17, 15) is 13.2 Å². The lowest BCUT2D eigenvalue weighted by atomic mass is 10.1. The standard InChI is InChI=1S/C15H20N4O3S/c1-10(2)19(23(21,22)13-8-17-18(4)9-13)12-5-6-14(15(16)20)11(3)7-12/h5-10H,1-4H3,(H2,16,20). The number of aromatic nitrogens is 2. The minimum atomic E-state index is -3.75. The van der Waals surface area contributed by atoms with Crippen molar-refractivity contribution in [2.75, 3.05) is 4.31 Å². The van der Waals surface area contributed by atoms with Gasteiger partial charge in [0.2, 0.25) is 5.91 Å². The van der Waals surface area contributed by atoms with E-state index in [4.69, 9.17) is 5.73 Å². The molecule has 1 aromatic heterocycles. The Bertz CT molecular complexity index is 840. The van der Waals surface area contributed by atoms with Gasteiger partial charge in [-0.3, -0.25) is 13.8 Å². The number of nitrogens with two attached hydrogens (primary N) is 1. The predicted octanol–water partition coefficient (Wildman–Crippen LogP) is 1.43. The number of benzene rings is 1. The largest absolute Gasteiger partial charge is 0.366 e. The fourth-order valence-corrected chi connectivity index (χ4v) is 4.06. The third-order valence-corrected chi connectivity index (χ3v) is 5.39. The Hall–Kier alpha value is -2.35. The van der Waals surface area contributed by atoms with Crippen LogP contribution < -0.4 is 10.0 Å². The highest BCUT2D eigenvalue weighted by Gasteiger charge is 2.29. The number of hydrogen-bond acceptors (Lipinski definition) is 4. The summed E-state index contributed by atoms with van der Waals surface area (Å²) in [5.74, 6) is -0.541. The number of rotatable bonds is 5. The SMILES string of the molecule is Cc1cc(N(C(C)C)S(=O)(=O)c2cnn(C)c2)ccc1C(N)=O. The van der Waals surface area contributed by atoms with Gasteiger partial charge in [-0.1, -0.05) is 0 Å². The maximum absolute atomic E-state index is 12.9. The van der Waals surface area contributed by atoms with Crippen LogP contribution in [0.4, 0.5) is 5.69 Å². The monoisotopic (exact) mass is 336 g/mol. The number of aryl methyl sites for hydroxylation is 2. The van der Waals surface area contributed by atoms with Crippen molar-refractivity contribution in [2.45, 2.75) is 31.7 Å². The molecule has 0 aliphatic heterocycles. The molecule has 2 aromatic rings. The fourth-order valence-electron chi connectivity index (χ4n) is 2.42. The summed E-state index contributed by atoms with van der Waals surface area (Å²) >= 11 is 0. The summed E-state index contributed by atoms with van der Waals surface area (Å²) in [6.07, 6.45) is 2.77. The highest BCUT2D eigenvalue weighted by atomic mass is 32.2. The molecule has 1 aromatic carbocycles. The number of hydrogen-bond donors (Lipinski definition) is 1. The minimum absolute atomic E-state index is 0.116. The van der Waals surface area contributed by atoms with E-state index in [1.54, 1.807) is 46.0 Å². The van der Waals surface area contributed by atoms with Crippen molar-refractivity contribution in [1.29, 1.82) is 0 Å². The summed E-state index contributed by atoms with van der Waals surface area (Å²) in [6, 6.07) is 4.47. The first-order valence-corrected chi connectivity index (χ1v) is 8.52. The van der Waals surface area contributed by atoms with Crippen LogP contribution in [0.25, 0.3) is 0 Å². The molecule has 23 heavy (non-hydrogen) atoms. The Balaban J connectivity index is 2.55. The summed E-state index contributed by atoms with van der Waals surface area (Å²) in [5, 5.41) is 3.92. The second kappa shape index (κ2) is 6.04. The van der Waals surface area contributed by atoms with Crippen LogP contribution in [0.15, 0.2) is 35.5 Å². The van der Waals surface area contributed by atoms with E-state index in [-0.39, 0.29) is 10.9 Å². The minimum Gasteiger partial charge on any atom is -0.366 e. The molecule has 0 saturated heterocycles. The summed E-state index contributed by atoms with van der Waals surface area (Å²) in [7, 11) is -2.09. The number of sulfonamides is 1. The number of carbonyl (C=O) groups is 1. The average molecular weight is 336 g/mol. The molecule has 0 bridgehead atoms. The number of anilines is 1. The molecule has 7 nitrogen and oxygen atoms in total. The second-order valence-electron chi connectivity index (χ2n) is 5.61. The second-order valence-corrected chi connectivity index (χ2v) is 7.42. The van der Waals surface area contributed by atoms with Crippen molar-refractivity contribution in [2.24, 2.45) is 12.8 Å². The first-order chi connectivity index (χ1) is 10.6. The average Bonchev–Trinajstić information content (AvgIpc) is 2.85. The lowest BCUT2D eigenvalue weighted by molar-refractivity contribution is 0.0999. The number of nitrogens with zero attached hydrogens (tertiary/aromatic N) is 3. The molecule has 0 radical (unpaired) electrons. The van der Waals surface area contributed by atoms with E-state index in [2.05, 4.69) is 5.10 Å². The van der Waals surface area contributed by atoms with Gasteiger partial charge in [0, 0.05) is 24.8 Å². The Labute approximate surface area is 135 Å². The van der Waals surface area contributed by atoms with Crippen molar-refractivity contribution < 1.29 is 13.2 Å². The Morgan fingerprint density at radius 1 is 1.35 bits per heavy atom. The predicted molar refractivity (Wildman–Crippen MR) is 87.7 cm³/mol. The highest BCUT2D eigenvalue weighted by molar-refractivity contribution is 7.92. The number of primary amides is 1. The van der Waals surface area contributed by atoms with Crippen LogP contribution in [0.5, 0.6) is 0 Å². The zero-order chi connectivity index (χ0) is 17.4. The summed E-state index contributed by atoms with van der Waals surface area (Å²) in [5.41, 5.74) is 6.77. The van der Waals surface area contributed by atoms with Crippen molar-refractivity contribution >= 4 is 21.6 Å². The zero-order valence-electron chi connectivity index (χ0n) is 13.5. The number of amides is 1. The number of carbonyl (C=O) groups excluding carboxylic acids is 1. The molecule has 0 fully saturated rings. The summed E-state index contributed by atoms with van der Waals surface area (Å²) in [6.45, 7) is 5.29. The lowest BCUT2D eigenvalue weighted by Crippen LogP contribution is -2.37. The van der Waals surface area contributed by atoms with Crippen LogP contribution in [0.3, 0.4) is 0 Å². The van der Waals surface area contributed by atoms with Crippen molar-refractivity contribution in [3.8, 4) is 0 Å². The van der Waals surface area contributed by atoms with Gasteiger partial charge in [-0.2, -0.15) is 5.10 Å². The van der Waals surface area contributed by atoms with E-state index in [0.717, 1.165) is 0 Å². The molecule has 1 amide bonds. The van der Waals surface area contributed by atoms with Crippen molar-refractivity contribution in [1.82, 2.24) is 9.78 Å². The molecule has 124 valence electrons. The van der Waals surface area contributed by atoms with Crippen LogP contribution in [0, 0.1) is 6.92 Å². The van der Waals surface area contributed by atoms with E-state index in [1.165, 1.54) is 21.4 Å². The molecule has 8 heteroatoms. The quantitative estimate of drug-likeness (QED) is 0.893. The molecular formula is C15H20N4O3S. The van der Waals surface area contributed by atoms with Gasteiger partial charge in [0.15, 0.2) is 0 Å². The van der Waals surface area contributed by atoms with E-state index in [1.807, 2.05) is 0 Å². The molecular weight excluding hydrogens is 316 g/mol. The third-order valence-electron chi connectivity index (χ3n) is 3.44. The molecule has 1 heterocycles. The molecule has 0 spiro atoms. The van der Waals surface area contributed by atoms with Crippen molar-refractivity contribution in [3.63, 3.8) is 0 Å². The van der Waals surface area contributed by atoms with E-state index in [0.29, 0.717) is 16.8 Å². The Kier molecular flexibility index (Phi) is 4.46. The Morgan fingerprint density at radius 3 is 2.43 bits per heavy atom. The first kappa shape index (κ1) is 17.0. The van der Waals surface area contributed by atoms with E-state index >= 15 is 0 Å². The molecule has 2 N–H and O–H groups in total. The maximum Gasteiger partial charge on any atom is 0.267 e. The first-order valence-electron chi connectivity index (χ1n) is 7.08. The lowest BCUT2D eigenvalue weighted by Gasteiger charge is -2.28. The summed E-state index contributed by atoms with van der Waals surface area (Å²) in [4.78, 5) is 11.5. The topological polar surface area (TPSA) is 98.3 Å². The molecule has 0 aliphatic rings. The molecule has 0 aliphatic carbocycles. The van der Waals surface area contributed by atoms with Gasteiger partial charge in [0.25, 0.3) is 10.0 Å². The third kappa shape index (κ3) is 3.21. The van der Waals surface area contributed by atoms with Crippen LogP contribution in [0.2, 0.25) is 0 Å². The molecule has 0 saturated carbocycles. The van der Waals surface area contributed by atoms with E-state index < -0.39 is 15.9 Å². The van der Waals surface area contributed by atoms with Gasteiger partial charge in [0.05, 0.1) is 11.9 Å².